The van der Waals surface area contributed by atoms with E-state index in [1.54, 1.807) is 0 Å². The third kappa shape index (κ3) is 2.52. The second-order valence-electron chi connectivity index (χ2n) is 6.19. The molecule has 1 aromatic carbocycles. The van der Waals surface area contributed by atoms with Crippen LogP contribution in [0.2, 0.25) is 0 Å². The van der Waals surface area contributed by atoms with E-state index in [1.807, 2.05) is 25.1 Å². The third-order valence-corrected chi connectivity index (χ3v) is 5.98. The average Bonchev–Trinajstić information content (AvgIpc) is 3.10. The first kappa shape index (κ1) is 14.1. The van der Waals surface area contributed by atoms with Crippen LogP contribution in [-0.4, -0.2) is 23.4 Å². The van der Waals surface area contributed by atoms with Crippen LogP contribution < -0.4 is 0 Å². The van der Waals surface area contributed by atoms with E-state index < -0.39 is 0 Å². The molecule has 1 heterocycles. The van der Waals surface area contributed by atoms with Gasteiger partial charge in [-0.25, -0.2) is 0 Å². The van der Waals surface area contributed by atoms with Gasteiger partial charge in [-0.1, -0.05) is 25.0 Å². The fourth-order valence-corrected chi connectivity index (χ4v) is 4.28. The molecule has 20 heavy (non-hydrogen) atoms. The highest BCUT2D eigenvalue weighted by molar-refractivity contribution is 9.10. The van der Waals surface area contributed by atoms with Crippen LogP contribution in [0.4, 0.5) is 0 Å². The van der Waals surface area contributed by atoms with Crippen molar-refractivity contribution < 1.29 is 4.79 Å². The zero-order valence-electron chi connectivity index (χ0n) is 12.1. The second kappa shape index (κ2) is 5.88. The first-order valence-corrected chi connectivity index (χ1v) is 8.54. The summed E-state index contributed by atoms with van der Waals surface area (Å²) in [4.78, 5) is 15.0. The maximum absolute atomic E-state index is 12.9. The summed E-state index contributed by atoms with van der Waals surface area (Å²) in [7, 11) is 0. The van der Waals surface area contributed by atoms with Gasteiger partial charge < -0.3 is 4.90 Å². The number of carbonyl (C=O) groups is 1. The van der Waals surface area contributed by atoms with Crippen molar-refractivity contribution in [3.8, 4) is 0 Å². The lowest BCUT2D eigenvalue weighted by atomic mass is 9.95. The molecule has 1 saturated heterocycles. The van der Waals surface area contributed by atoms with Crippen LogP contribution in [0.3, 0.4) is 0 Å². The lowest BCUT2D eigenvalue weighted by Crippen LogP contribution is -2.39. The molecular formula is C17H22BrNO. The number of likely N-dealkylation sites (tertiary alicyclic amines) is 1. The predicted molar refractivity (Wildman–Crippen MR) is 84.9 cm³/mol. The third-order valence-electron chi connectivity index (χ3n) is 4.93. The first-order valence-electron chi connectivity index (χ1n) is 7.74. The Morgan fingerprint density at radius 2 is 1.95 bits per heavy atom. The molecule has 2 fully saturated rings. The molecule has 1 saturated carbocycles. The molecule has 0 aromatic heterocycles. The van der Waals surface area contributed by atoms with Gasteiger partial charge in [0.1, 0.15) is 0 Å². The SMILES string of the molecule is Cc1cccc(C(=O)N2CCCC2C2CCCC2)c1Br. The molecule has 0 bridgehead atoms. The summed E-state index contributed by atoms with van der Waals surface area (Å²) in [6.45, 7) is 2.97. The van der Waals surface area contributed by atoms with Gasteiger partial charge in [0, 0.05) is 17.1 Å². The van der Waals surface area contributed by atoms with Crippen molar-refractivity contribution in [3.63, 3.8) is 0 Å². The highest BCUT2D eigenvalue weighted by Crippen LogP contribution is 2.36. The number of amides is 1. The van der Waals surface area contributed by atoms with Crippen molar-refractivity contribution in [2.75, 3.05) is 6.54 Å². The normalized spacial score (nSPS) is 23.5. The zero-order valence-corrected chi connectivity index (χ0v) is 13.7. The topological polar surface area (TPSA) is 20.3 Å². The average molecular weight is 336 g/mol. The summed E-state index contributed by atoms with van der Waals surface area (Å²) in [5.74, 6) is 0.958. The fraction of sp³-hybridized carbons (Fsp3) is 0.588. The number of hydrogen-bond acceptors (Lipinski definition) is 1. The molecule has 3 rings (SSSR count). The minimum atomic E-state index is 0.218. The number of aryl methyl sites for hydroxylation is 1. The molecule has 1 aliphatic heterocycles. The molecule has 1 aliphatic carbocycles. The van der Waals surface area contributed by atoms with Gasteiger partial charge in [-0.05, 0) is 66.1 Å². The van der Waals surface area contributed by atoms with E-state index >= 15 is 0 Å². The molecule has 1 unspecified atom stereocenters. The number of rotatable bonds is 2. The molecule has 0 N–H and O–H groups in total. The Balaban J connectivity index is 1.83. The van der Waals surface area contributed by atoms with E-state index in [2.05, 4.69) is 20.8 Å². The van der Waals surface area contributed by atoms with Crippen LogP contribution in [-0.2, 0) is 0 Å². The van der Waals surface area contributed by atoms with E-state index in [1.165, 1.54) is 32.1 Å². The van der Waals surface area contributed by atoms with Gasteiger partial charge in [-0.2, -0.15) is 0 Å². The summed E-state index contributed by atoms with van der Waals surface area (Å²) >= 11 is 3.58. The van der Waals surface area contributed by atoms with Crippen LogP contribution in [0, 0.1) is 12.8 Å². The van der Waals surface area contributed by atoms with Gasteiger partial charge in [-0.15, -0.1) is 0 Å². The van der Waals surface area contributed by atoms with Crippen molar-refractivity contribution in [2.45, 2.75) is 51.5 Å². The Kier molecular flexibility index (Phi) is 4.16. The van der Waals surface area contributed by atoms with Gasteiger partial charge in [0.25, 0.3) is 5.91 Å². The summed E-state index contributed by atoms with van der Waals surface area (Å²) in [6, 6.07) is 6.45. The lowest BCUT2D eigenvalue weighted by Gasteiger charge is -2.30. The van der Waals surface area contributed by atoms with Gasteiger partial charge in [0.15, 0.2) is 0 Å². The van der Waals surface area contributed by atoms with Crippen LogP contribution in [0.5, 0.6) is 0 Å². The summed E-state index contributed by atoms with van der Waals surface area (Å²) in [5, 5.41) is 0. The van der Waals surface area contributed by atoms with E-state index in [0.717, 1.165) is 34.5 Å². The summed E-state index contributed by atoms with van der Waals surface area (Å²) in [5.41, 5.74) is 1.96. The Morgan fingerprint density at radius 3 is 2.70 bits per heavy atom. The van der Waals surface area contributed by atoms with Gasteiger partial charge in [0.2, 0.25) is 0 Å². The quantitative estimate of drug-likeness (QED) is 0.776. The van der Waals surface area contributed by atoms with E-state index in [-0.39, 0.29) is 5.91 Å². The lowest BCUT2D eigenvalue weighted by molar-refractivity contribution is 0.0688. The van der Waals surface area contributed by atoms with Crippen molar-refractivity contribution in [3.05, 3.63) is 33.8 Å². The molecule has 0 spiro atoms. The number of hydrogen-bond donors (Lipinski definition) is 0. The molecule has 0 radical (unpaired) electrons. The molecule has 1 aromatic rings. The Morgan fingerprint density at radius 1 is 1.20 bits per heavy atom. The fourth-order valence-electron chi connectivity index (χ4n) is 3.84. The van der Waals surface area contributed by atoms with Crippen LogP contribution in [0.25, 0.3) is 0 Å². The molecule has 2 nitrogen and oxygen atoms in total. The van der Waals surface area contributed by atoms with Crippen molar-refractivity contribution in [2.24, 2.45) is 5.92 Å². The van der Waals surface area contributed by atoms with Crippen LogP contribution in [0.15, 0.2) is 22.7 Å². The predicted octanol–water partition coefficient (Wildman–Crippen LogP) is 4.55. The number of benzene rings is 1. The maximum Gasteiger partial charge on any atom is 0.255 e. The van der Waals surface area contributed by atoms with E-state index in [0.29, 0.717) is 6.04 Å². The zero-order chi connectivity index (χ0) is 14.1. The van der Waals surface area contributed by atoms with E-state index in [4.69, 9.17) is 0 Å². The summed E-state index contributed by atoms with van der Waals surface area (Å²) < 4.78 is 0.960. The molecular weight excluding hydrogens is 314 g/mol. The molecule has 108 valence electrons. The number of nitrogens with zero attached hydrogens (tertiary/aromatic N) is 1. The van der Waals surface area contributed by atoms with Crippen LogP contribution in [0.1, 0.15) is 54.4 Å². The number of carbonyl (C=O) groups excluding carboxylic acids is 1. The van der Waals surface area contributed by atoms with Crippen molar-refractivity contribution >= 4 is 21.8 Å². The highest BCUT2D eigenvalue weighted by Gasteiger charge is 2.36. The van der Waals surface area contributed by atoms with Gasteiger partial charge in [0.05, 0.1) is 5.56 Å². The second-order valence-corrected chi connectivity index (χ2v) is 6.98. The summed E-state index contributed by atoms with van der Waals surface area (Å²) in [6.07, 6.45) is 7.66. The van der Waals surface area contributed by atoms with E-state index in [9.17, 15) is 4.79 Å². The Bertz CT molecular complexity index is 508. The van der Waals surface area contributed by atoms with Gasteiger partial charge >= 0.3 is 0 Å². The largest absolute Gasteiger partial charge is 0.335 e. The molecule has 3 heteroatoms. The standard InChI is InChI=1S/C17H22BrNO/c1-12-6-4-9-14(16(12)18)17(20)19-11-5-10-15(19)13-7-2-3-8-13/h4,6,9,13,15H,2-3,5,7-8,10-11H2,1H3. The van der Waals surface area contributed by atoms with Crippen LogP contribution >= 0.6 is 15.9 Å². The smallest absolute Gasteiger partial charge is 0.255 e. The van der Waals surface area contributed by atoms with Gasteiger partial charge in [-0.3, -0.25) is 4.79 Å². The minimum absolute atomic E-state index is 0.218. The highest BCUT2D eigenvalue weighted by atomic mass is 79.9. The van der Waals surface area contributed by atoms with Crippen molar-refractivity contribution in [1.29, 1.82) is 0 Å². The molecule has 2 aliphatic rings. The van der Waals surface area contributed by atoms with Crippen molar-refractivity contribution in [1.82, 2.24) is 4.90 Å². The molecule has 1 amide bonds. The maximum atomic E-state index is 12.9. The first-order chi connectivity index (χ1) is 9.68. The monoisotopic (exact) mass is 335 g/mol. The Hall–Kier alpha value is -0.830. The Labute approximate surface area is 129 Å². The number of halogens is 1. The minimum Gasteiger partial charge on any atom is -0.335 e. The molecule has 1 atom stereocenters.